The van der Waals surface area contributed by atoms with Crippen LogP contribution in [0, 0.1) is 0 Å². The number of halogens is 4. The van der Waals surface area contributed by atoms with Crippen LogP contribution < -0.4 is 15.8 Å². The van der Waals surface area contributed by atoms with Gasteiger partial charge in [-0.1, -0.05) is 6.07 Å². The van der Waals surface area contributed by atoms with Gasteiger partial charge in [-0.15, -0.1) is 12.4 Å². The summed E-state index contributed by atoms with van der Waals surface area (Å²) in [4.78, 5) is 11.3. The van der Waals surface area contributed by atoms with Gasteiger partial charge in [0.2, 0.25) is 5.91 Å². The highest BCUT2D eigenvalue weighted by atomic mass is 35.5. The largest absolute Gasteiger partial charge is 0.492 e. The number of hydrogen-bond donors (Lipinski definition) is 2. The molecule has 1 aromatic carbocycles. The molecule has 0 fully saturated rings. The molecule has 0 aliphatic heterocycles. The van der Waals surface area contributed by atoms with E-state index in [9.17, 15) is 18.0 Å². The molecule has 4 nitrogen and oxygen atoms in total. The minimum atomic E-state index is -4.40. The van der Waals surface area contributed by atoms with Gasteiger partial charge in [0, 0.05) is 12.5 Å². The second-order valence-electron chi connectivity index (χ2n) is 4.41. The van der Waals surface area contributed by atoms with E-state index in [0.717, 1.165) is 12.1 Å². The third kappa shape index (κ3) is 7.77. The molecule has 0 radical (unpaired) electrons. The molecule has 0 saturated heterocycles. The van der Waals surface area contributed by atoms with E-state index in [1.54, 1.807) is 6.92 Å². The summed E-state index contributed by atoms with van der Waals surface area (Å²) in [6, 6.07) is 4.35. The topological polar surface area (TPSA) is 64.4 Å². The first-order valence-corrected chi connectivity index (χ1v) is 6.11. The van der Waals surface area contributed by atoms with Gasteiger partial charge in [0.1, 0.15) is 12.4 Å². The van der Waals surface area contributed by atoms with Gasteiger partial charge in [-0.25, -0.2) is 0 Å². The van der Waals surface area contributed by atoms with Crippen molar-refractivity contribution >= 4 is 18.3 Å². The molecular formula is C13H18ClF3N2O2. The molecule has 1 rings (SSSR count). The summed E-state index contributed by atoms with van der Waals surface area (Å²) in [5.74, 6) is -0.103. The first kappa shape index (κ1) is 19.5. The Labute approximate surface area is 127 Å². The van der Waals surface area contributed by atoms with Crippen molar-refractivity contribution in [1.82, 2.24) is 5.32 Å². The molecule has 1 unspecified atom stereocenters. The summed E-state index contributed by atoms with van der Waals surface area (Å²) in [5.41, 5.74) is 4.68. The maximum atomic E-state index is 12.5. The lowest BCUT2D eigenvalue weighted by molar-refractivity contribution is -0.137. The van der Waals surface area contributed by atoms with Crippen LogP contribution in [-0.2, 0) is 11.0 Å². The number of hydrogen-bond acceptors (Lipinski definition) is 3. The number of carbonyl (C=O) groups excluding carboxylic acids is 1. The van der Waals surface area contributed by atoms with E-state index in [2.05, 4.69) is 5.32 Å². The van der Waals surface area contributed by atoms with Gasteiger partial charge < -0.3 is 15.8 Å². The summed E-state index contributed by atoms with van der Waals surface area (Å²) in [6.45, 7) is 2.01. The summed E-state index contributed by atoms with van der Waals surface area (Å²) < 4.78 is 42.5. The van der Waals surface area contributed by atoms with Gasteiger partial charge in [-0.05, 0) is 25.1 Å². The van der Waals surface area contributed by atoms with Crippen molar-refractivity contribution < 1.29 is 22.7 Å². The van der Waals surface area contributed by atoms with Crippen molar-refractivity contribution in [1.29, 1.82) is 0 Å². The zero-order chi connectivity index (χ0) is 15.2. The number of nitrogens with two attached hydrogens (primary N) is 1. The minimum absolute atomic E-state index is 0. The molecule has 120 valence electrons. The fraction of sp³-hybridized carbons (Fsp3) is 0.462. The van der Waals surface area contributed by atoms with E-state index in [-0.39, 0.29) is 49.7 Å². The first-order chi connectivity index (χ1) is 9.29. The van der Waals surface area contributed by atoms with E-state index in [1.165, 1.54) is 12.1 Å². The standard InChI is InChI=1S/C13H17F3N2O2.ClH/c1-9(17)7-12(19)18-5-6-20-11-4-2-3-10(8-11)13(14,15)16;/h2-4,8-9H,5-7,17H2,1H3,(H,18,19);1H. The number of alkyl halides is 3. The molecule has 0 aliphatic carbocycles. The average molecular weight is 327 g/mol. The molecule has 3 N–H and O–H groups in total. The highest BCUT2D eigenvalue weighted by molar-refractivity contribution is 5.85. The first-order valence-electron chi connectivity index (χ1n) is 6.11. The summed E-state index contributed by atoms with van der Waals surface area (Å²) in [7, 11) is 0. The van der Waals surface area contributed by atoms with Crippen molar-refractivity contribution in [3.63, 3.8) is 0 Å². The van der Waals surface area contributed by atoms with Crippen LogP contribution in [-0.4, -0.2) is 25.1 Å². The second-order valence-corrected chi connectivity index (χ2v) is 4.41. The molecule has 0 aliphatic rings. The van der Waals surface area contributed by atoms with Crippen LogP contribution in [0.15, 0.2) is 24.3 Å². The number of ether oxygens (including phenoxy) is 1. The maximum Gasteiger partial charge on any atom is 0.416 e. The number of nitrogens with one attached hydrogen (secondary N) is 1. The number of carbonyl (C=O) groups is 1. The Kier molecular flexibility index (Phi) is 8.12. The molecular weight excluding hydrogens is 309 g/mol. The van der Waals surface area contributed by atoms with E-state index >= 15 is 0 Å². The molecule has 1 atom stereocenters. The molecule has 8 heteroatoms. The maximum absolute atomic E-state index is 12.5. The van der Waals surface area contributed by atoms with Crippen LogP contribution in [0.5, 0.6) is 5.75 Å². The SMILES string of the molecule is CC(N)CC(=O)NCCOc1cccc(C(F)(F)F)c1.Cl. The summed E-state index contributed by atoms with van der Waals surface area (Å²) in [5, 5.41) is 2.56. The quantitative estimate of drug-likeness (QED) is 0.789. The fourth-order valence-electron chi connectivity index (χ4n) is 1.49. The number of rotatable bonds is 6. The lowest BCUT2D eigenvalue weighted by Crippen LogP contribution is -2.32. The predicted molar refractivity (Wildman–Crippen MR) is 75.5 cm³/mol. The van der Waals surface area contributed by atoms with Crippen molar-refractivity contribution in [3.05, 3.63) is 29.8 Å². The monoisotopic (exact) mass is 326 g/mol. The van der Waals surface area contributed by atoms with Gasteiger partial charge >= 0.3 is 6.18 Å². The van der Waals surface area contributed by atoms with E-state index in [4.69, 9.17) is 10.5 Å². The van der Waals surface area contributed by atoms with Crippen LogP contribution in [0.1, 0.15) is 18.9 Å². The van der Waals surface area contributed by atoms with Crippen LogP contribution >= 0.6 is 12.4 Å². The Morgan fingerprint density at radius 2 is 2.10 bits per heavy atom. The van der Waals surface area contributed by atoms with E-state index in [1.807, 2.05) is 0 Å². The van der Waals surface area contributed by atoms with E-state index < -0.39 is 11.7 Å². The summed E-state index contributed by atoms with van der Waals surface area (Å²) >= 11 is 0. The Morgan fingerprint density at radius 1 is 1.43 bits per heavy atom. The van der Waals surface area contributed by atoms with Gasteiger partial charge in [0.05, 0.1) is 12.1 Å². The Morgan fingerprint density at radius 3 is 2.67 bits per heavy atom. The van der Waals surface area contributed by atoms with Crippen molar-refractivity contribution in [2.24, 2.45) is 5.73 Å². The smallest absolute Gasteiger partial charge is 0.416 e. The number of benzene rings is 1. The van der Waals surface area contributed by atoms with Gasteiger partial charge in [0.15, 0.2) is 0 Å². The van der Waals surface area contributed by atoms with Gasteiger partial charge in [0.25, 0.3) is 0 Å². The third-order valence-corrected chi connectivity index (χ3v) is 2.36. The zero-order valence-electron chi connectivity index (χ0n) is 11.4. The highest BCUT2D eigenvalue weighted by Crippen LogP contribution is 2.31. The number of amides is 1. The zero-order valence-corrected chi connectivity index (χ0v) is 12.3. The van der Waals surface area contributed by atoms with Gasteiger partial charge in [-0.2, -0.15) is 13.2 Å². The predicted octanol–water partition coefficient (Wildman–Crippen LogP) is 2.36. The van der Waals surface area contributed by atoms with Crippen LogP contribution in [0.3, 0.4) is 0 Å². The molecule has 21 heavy (non-hydrogen) atoms. The average Bonchev–Trinajstić information content (AvgIpc) is 2.33. The third-order valence-electron chi connectivity index (χ3n) is 2.36. The highest BCUT2D eigenvalue weighted by Gasteiger charge is 2.30. The van der Waals surface area contributed by atoms with Crippen molar-refractivity contribution in [2.75, 3.05) is 13.2 Å². The van der Waals surface area contributed by atoms with Crippen molar-refractivity contribution in [2.45, 2.75) is 25.6 Å². The van der Waals surface area contributed by atoms with E-state index in [0.29, 0.717) is 0 Å². The second kappa shape index (κ2) is 8.74. The van der Waals surface area contributed by atoms with Crippen molar-refractivity contribution in [3.8, 4) is 5.75 Å². The summed E-state index contributed by atoms with van der Waals surface area (Å²) in [6.07, 6.45) is -4.20. The lowest BCUT2D eigenvalue weighted by atomic mass is 10.2. The normalized spacial score (nSPS) is 12.2. The molecule has 0 heterocycles. The fourth-order valence-corrected chi connectivity index (χ4v) is 1.49. The minimum Gasteiger partial charge on any atom is -0.492 e. The lowest BCUT2D eigenvalue weighted by Gasteiger charge is -2.11. The molecule has 0 saturated carbocycles. The molecule has 1 amide bonds. The van der Waals surface area contributed by atoms with Gasteiger partial charge in [-0.3, -0.25) is 4.79 Å². The molecule has 0 aromatic heterocycles. The molecule has 0 bridgehead atoms. The molecule has 1 aromatic rings. The Balaban J connectivity index is 0.00000400. The Bertz CT molecular complexity index is 453. The molecule has 0 spiro atoms. The van der Waals surface area contributed by atoms with Crippen LogP contribution in [0.25, 0.3) is 0 Å². The Hall–Kier alpha value is -1.47. The van der Waals surface area contributed by atoms with Crippen LogP contribution in [0.2, 0.25) is 0 Å². The van der Waals surface area contributed by atoms with Crippen LogP contribution in [0.4, 0.5) is 13.2 Å².